The Kier molecular flexibility index (Phi) is 7.81. The Morgan fingerprint density at radius 3 is 2.63 bits per heavy atom. The zero-order chi connectivity index (χ0) is 19.6. The molecule has 0 aliphatic heterocycles. The molecule has 7 nitrogen and oxygen atoms in total. The zero-order valence-corrected chi connectivity index (χ0v) is 16.1. The van der Waals surface area contributed by atoms with Crippen LogP contribution in [0.25, 0.3) is 0 Å². The number of thiophene rings is 1. The highest BCUT2D eigenvalue weighted by Gasteiger charge is 2.12. The Labute approximate surface area is 161 Å². The second kappa shape index (κ2) is 10.3. The summed E-state index contributed by atoms with van der Waals surface area (Å²) < 4.78 is 10.2. The van der Waals surface area contributed by atoms with E-state index < -0.39 is 11.9 Å². The van der Waals surface area contributed by atoms with Crippen molar-refractivity contribution in [1.29, 1.82) is 0 Å². The minimum Gasteiger partial charge on any atom is -0.495 e. The van der Waals surface area contributed by atoms with Crippen molar-refractivity contribution >= 4 is 40.5 Å². The van der Waals surface area contributed by atoms with Crippen molar-refractivity contribution in [3.05, 3.63) is 40.6 Å². The number of carbonyl (C=O) groups excluding carboxylic acids is 3. The fourth-order valence-corrected chi connectivity index (χ4v) is 3.10. The molecule has 0 radical (unpaired) electrons. The van der Waals surface area contributed by atoms with Gasteiger partial charge >= 0.3 is 5.97 Å². The number of ether oxygens (including phenoxy) is 2. The summed E-state index contributed by atoms with van der Waals surface area (Å²) in [6, 6.07) is 8.84. The van der Waals surface area contributed by atoms with Crippen molar-refractivity contribution in [3.8, 4) is 5.75 Å². The average Bonchev–Trinajstić information content (AvgIpc) is 3.13. The van der Waals surface area contributed by atoms with Crippen LogP contribution in [0.5, 0.6) is 5.75 Å². The maximum absolute atomic E-state index is 12.0. The lowest BCUT2D eigenvalue weighted by atomic mass is 10.2. The number of rotatable bonds is 9. The van der Waals surface area contributed by atoms with Gasteiger partial charge < -0.3 is 20.1 Å². The molecule has 1 heterocycles. The minimum absolute atomic E-state index is 0.228. The quantitative estimate of drug-likeness (QED) is 0.641. The van der Waals surface area contributed by atoms with E-state index in [1.165, 1.54) is 18.9 Å². The van der Waals surface area contributed by atoms with E-state index in [0.29, 0.717) is 23.5 Å². The molecule has 8 heteroatoms. The maximum atomic E-state index is 12.0. The van der Waals surface area contributed by atoms with Gasteiger partial charge in [0.25, 0.3) is 5.91 Å². The molecule has 0 saturated heterocycles. The van der Waals surface area contributed by atoms with Crippen LogP contribution in [0.4, 0.5) is 11.4 Å². The Morgan fingerprint density at radius 2 is 1.96 bits per heavy atom. The van der Waals surface area contributed by atoms with E-state index in [0.717, 1.165) is 6.42 Å². The summed E-state index contributed by atoms with van der Waals surface area (Å²) in [6.07, 6.45) is 1.74. The average molecular weight is 390 g/mol. The molecule has 1 aromatic heterocycles. The molecule has 0 saturated carbocycles. The molecular formula is C19H22N2O5S. The zero-order valence-electron chi connectivity index (χ0n) is 15.2. The van der Waals surface area contributed by atoms with Crippen LogP contribution >= 0.6 is 11.3 Å². The molecule has 2 aromatic rings. The van der Waals surface area contributed by atoms with Crippen LogP contribution in [0, 0.1) is 0 Å². The maximum Gasteiger partial charge on any atom is 0.306 e. The molecule has 2 amide bonds. The first kappa shape index (κ1) is 20.4. The second-order valence-electron chi connectivity index (χ2n) is 5.74. The summed E-state index contributed by atoms with van der Waals surface area (Å²) in [6.45, 7) is 1.01. The van der Waals surface area contributed by atoms with Gasteiger partial charge in [-0.3, -0.25) is 14.4 Å². The number of carbonyl (C=O) groups is 3. The molecule has 0 fully saturated rings. The van der Waals surface area contributed by atoms with E-state index in [9.17, 15) is 14.4 Å². The predicted octanol–water partition coefficient (Wildman–Crippen LogP) is 3.22. The van der Waals surface area contributed by atoms with Gasteiger partial charge in [0.15, 0.2) is 6.61 Å². The molecule has 0 spiro atoms. The van der Waals surface area contributed by atoms with Gasteiger partial charge in [-0.05, 0) is 42.5 Å². The van der Waals surface area contributed by atoms with Gasteiger partial charge in [0.05, 0.1) is 12.8 Å². The summed E-state index contributed by atoms with van der Waals surface area (Å²) in [4.78, 5) is 36.2. The van der Waals surface area contributed by atoms with Crippen LogP contribution in [-0.4, -0.2) is 31.5 Å². The number of benzene rings is 1. The van der Waals surface area contributed by atoms with Gasteiger partial charge in [-0.2, -0.15) is 0 Å². The number of esters is 1. The van der Waals surface area contributed by atoms with Crippen molar-refractivity contribution in [2.24, 2.45) is 0 Å². The van der Waals surface area contributed by atoms with Crippen LogP contribution in [0.1, 0.15) is 24.6 Å². The molecule has 2 rings (SSSR count). The number of hydrogen-bond donors (Lipinski definition) is 2. The highest BCUT2D eigenvalue weighted by molar-refractivity contribution is 7.09. The van der Waals surface area contributed by atoms with E-state index in [4.69, 9.17) is 9.47 Å². The Morgan fingerprint density at radius 1 is 1.15 bits per heavy atom. The number of anilines is 2. The van der Waals surface area contributed by atoms with E-state index in [1.807, 2.05) is 17.5 Å². The van der Waals surface area contributed by atoms with Gasteiger partial charge in [0.1, 0.15) is 5.75 Å². The molecule has 0 atom stereocenters. The van der Waals surface area contributed by atoms with Crippen molar-refractivity contribution in [2.75, 3.05) is 24.4 Å². The summed E-state index contributed by atoms with van der Waals surface area (Å²) in [7, 11) is 1.47. The number of hydrogen-bond acceptors (Lipinski definition) is 6. The Hall–Kier alpha value is -2.87. The van der Waals surface area contributed by atoms with Gasteiger partial charge in [0.2, 0.25) is 5.91 Å². The Balaban J connectivity index is 1.80. The van der Waals surface area contributed by atoms with Crippen molar-refractivity contribution < 1.29 is 23.9 Å². The first-order valence-corrected chi connectivity index (χ1v) is 9.29. The first-order chi connectivity index (χ1) is 13.0. The molecule has 1 aromatic carbocycles. The van der Waals surface area contributed by atoms with Gasteiger partial charge in [-0.25, -0.2) is 0 Å². The lowest BCUT2D eigenvalue weighted by Gasteiger charge is -2.12. The van der Waals surface area contributed by atoms with Crippen LogP contribution in [0.2, 0.25) is 0 Å². The standard InChI is InChI=1S/C19H22N2O5S/c1-13(22)20-14-8-9-17(25-2)16(11-14)21-18(23)12-26-19(24)7-3-5-15-6-4-10-27-15/h4,6,8-11H,3,5,7,12H2,1-2H3,(H,20,22)(H,21,23). The van der Waals surface area contributed by atoms with Gasteiger partial charge in [-0.15, -0.1) is 11.3 Å². The molecule has 0 aliphatic carbocycles. The van der Waals surface area contributed by atoms with Crippen LogP contribution in [-0.2, 0) is 25.5 Å². The first-order valence-electron chi connectivity index (χ1n) is 8.41. The third kappa shape index (κ3) is 7.10. The second-order valence-corrected chi connectivity index (χ2v) is 6.77. The van der Waals surface area contributed by atoms with E-state index in [2.05, 4.69) is 10.6 Å². The largest absolute Gasteiger partial charge is 0.495 e. The summed E-state index contributed by atoms with van der Waals surface area (Å²) in [5.74, 6) is -0.700. The minimum atomic E-state index is -0.486. The number of methoxy groups -OCH3 is 1. The smallest absolute Gasteiger partial charge is 0.306 e. The van der Waals surface area contributed by atoms with Crippen molar-refractivity contribution in [1.82, 2.24) is 0 Å². The highest BCUT2D eigenvalue weighted by Crippen LogP contribution is 2.27. The lowest BCUT2D eigenvalue weighted by Crippen LogP contribution is -2.21. The van der Waals surface area contributed by atoms with Crippen molar-refractivity contribution in [3.63, 3.8) is 0 Å². The highest BCUT2D eigenvalue weighted by atomic mass is 32.1. The SMILES string of the molecule is COc1ccc(NC(C)=O)cc1NC(=O)COC(=O)CCCc1cccs1. The van der Waals surface area contributed by atoms with E-state index in [1.54, 1.807) is 29.5 Å². The molecule has 2 N–H and O–H groups in total. The van der Waals surface area contributed by atoms with Crippen LogP contribution in [0.3, 0.4) is 0 Å². The molecule has 0 aliphatic rings. The number of amides is 2. The van der Waals surface area contributed by atoms with Gasteiger partial charge in [-0.1, -0.05) is 6.07 Å². The predicted molar refractivity (Wildman–Crippen MR) is 104 cm³/mol. The van der Waals surface area contributed by atoms with Crippen LogP contribution < -0.4 is 15.4 Å². The van der Waals surface area contributed by atoms with Gasteiger partial charge in [0, 0.05) is 23.9 Å². The Bertz CT molecular complexity index is 789. The topological polar surface area (TPSA) is 93.7 Å². The number of nitrogens with one attached hydrogen (secondary N) is 2. The third-order valence-corrected chi connectivity index (χ3v) is 4.48. The monoisotopic (exact) mass is 390 g/mol. The summed E-state index contributed by atoms with van der Waals surface area (Å²) in [5, 5.41) is 7.24. The molecule has 0 bridgehead atoms. The molecule has 0 unspecified atom stereocenters. The summed E-state index contributed by atoms with van der Waals surface area (Å²) in [5.41, 5.74) is 0.895. The lowest BCUT2D eigenvalue weighted by molar-refractivity contribution is -0.147. The fraction of sp³-hybridized carbons (Fsp3) is 0.316. The van der Waals surface area contributed by atoms with E-state index >= 15 is 0 Å². The molecule has 144 valence electrons. The summed E-state index contributed by atoms with van der Waals surface area (Å²) >= 11 is 1.65. The van der Waals surface area contributed by atoms with Crippen LogP contribution in [0.15, 0.2) is 35.7 Å². The number of aryl methyl sites for hydroxylation is 1. The molecule has 27 heavy (non-hydrogen) atoms. The fourth-order valence-electron chi connectivity index (χ4n) is 2.35. The molecular weight excluding hydrogens is 368 g/mol. The van der Waals surface area contributed by atoms with E-state index in [-0.39, 0.29) is 18.9 Å². The third-order valence-electron chi connectivity index (χ3n) is 3.54. The normalized spacial score (nSPS) is 10.1. The van der Waals surface area contributed by atoms with Crippen molar-refractivity contribution in [2.45, 2.75) is 26.2 Å².